The molecule has 2 fully saturated rings. The third kappa shape index (κ3) is 5.81. The molecule has 7 nitrogen and oxygen atoms in total. The van der Waals surface area contributed by atoms with Gasteiger partial charge in [-0.25, -0.2) is 4.98 Å². The fraction of sp³-hybridized carbons (Fsp3) is 0.609. The van der Waals surface area contributed by atoms with Gasteiger partial charge in [-0.1, -0.05) is 0 Å². The number of amides is 1. The minimum atomic E-state index is -0.0615. The van der Waals surface area contributed by atoms with Gasteiger partial charge in [0.05, 0.1) is 18.7 Å². The molecule has 0 radical (unpaired) electrons. The van der Waals surface area contributed by atoms with Crippen molar-refractivity contribution in [1.29, 1.82) is 0 Å². The average molecular weight is 445 g/mol. The van der Waals surface area contributed by atoms with Crippen LogP contribution in [0.3, 0.4) is 0 Å². The molecule has 8 heteroatoms. The Kier molecular flexibility index (Phi) is 7.53. The van der Waals surface area contributed by atoms with Crippen LogP contribution in [0.4, 0.5) is 0 Å². The van der Waals surface area contributed by atoms with Crippen molar-refractivity contribution in [2.75, 3.05) is 39.9 Å². The number of carbonyl (C=O) groups excluding carboxylic acids is 1. The summed E-state index contributed by atoms with van der Waals surface area (Å²) in [4.78, 5) is 37.0. The van der Waals surface area contributed by atoms with Crippen molar-refractivity contribution in [2.45, 2.75) is 50.5 Å². The minimum Gasteiger partial charge on any atom is -0.384 e. The van der Waals surface area contributed by atoms with Crippen molar-refractivity contribution < 1.29 is 9.53 Å². The van der Waals surface area contributed by atoms with Gasteiger partial charge in [-0.15, -0.1) is 0 Å². The van der Waals surface area contributed by atoms with E-state index in [2.05, 4.69) is 26.7 Å². The molecular weight excluding hydrogens is 412 g/mol. The molecule has 0 saturated carbocycles. The summed E-state index contributed by atoms with van der Waals surface area (Å²) in [6.07, 6.45) is 4.29. The highest BCUT2D eigenvalue weighted by Crippen LogP contribution is 2.29. The molecule has 4 heterocycles. The summed E-state index contributed by atoms with van der Waals surface area (Å²) in [6.45, 7) is 4.88. The summed E-state index contributed by atoms with van der Waals surface area (Å²) < 4.78 is 5.01. The molecule has 4 rings (SSSR count). The van der Waals surface area contributed by atoms with Crippen molar-refractivity contribution in [3.8, 4) is 0 Å². The van der Waals surface area contributed by atoms with E-state index in [0.717, 1.165) is 56.8 Å². The van der Waals surface area contributed by atoms with E-state index < -0.39 is 0 Å². The summed E-state index contributed by atoms with van der Waals surface area (Å²) in [7, 11) is 1.61. The molecule has 1 atom stereocenters. The van der Waals surface area contributed by atoms with Gasteiger partial charge in [0.1, 0.15) is 5.82 Å². The number of hydrogen-bond donors (Lipinski definition) is 1. The number of piperidine rings is 2. The lowest BCUT2D eigenvalue weighted by molar-refractivity contribution is -0.133. The Bertz CT molecular complexity index is 906. The summed E-state index contributed by atoms with van der Waals surface area (Å²) in [6, 6.07) is 3.87. The van der Waals surface area contributed by atoms with Crippen molar-refractivity contribution >= 4 is 17.2 Å². The zero-order valence-corrected chi connectivity index (χ0v) is 19.0. The number of likely N-dealkylation sites (tertiary alicyclic amines) is 2. The first-order valence-electron chi connectivity index (χ1n) is 11.2. The number of nitrogens with one attached hydrogen (secondary N) is 1. The van der Waals surface area contributed by atoms with Crippen LogP contribution in [0, 0.1) is 0 Å². The minimum absolute atomic E-state index is 0.0615. The van der Waals surface area contributed by atoms with Gasteiger partial charge < -0.3 is 14.6 Å². The topological polar surface area (TPSA) is 78.5 Å². The van der Waals surface area contributed by atoms with E-state index >= 15 is 0 Å². The first kappa shape index (κ1) is 22.2. The zero-order chi connectivity index (χ0) is 21.6. The third-order valence-corrected chi connectivity index (χ3v) is 7.18. The maximum Gasteiger partial charge on any atom is 0.251 e. The number of aromatic nitrogens is 2. The number of carbonyl (C=O) groups is 1. The number of thiophene rings is 1. The Morgan fingerprint density at radius 2 is 2.10 bits per heavy atom. The molecule has 1 amide bonds. The van der Waals surface area contributed by atoms with Crippen molar-refractivity contribution in [3.63, 3.8) is 0 Å². The highest BCUT2D eigenvalue weighted by Gasteiger charge is 2.27. The molecule has 0 spiro atoms. The quantitative estimate of drug-likeness (QED) is 0.710. The number of H-pyrrole nitrogens is 1. The van der Waals surface area contributed by atoms with E-state index in [9.17, 15) is 9.59 Å². The van der Waals surface area contributed by atoms with Crippen LogP contribution in [-0.4, -0.2) is 65.6 Å². The van der Waals surface area contributed by atoms with E-state index in [1.165, 1.54) is 5.56 Å². The fourth-order valence-corrected chi connectivity index (χ4v) is 5.39. The van der Waals surface area contributed by atoms with Crippen LogP contribution in [0.15, 0.2) is 27.7 Å². The summed E-state index contributed by atoms with van der Waals surface area (Å²) in [5, 5.41) is 4.33. The smallest absolute Gasteiger partial charge is 0.251 e. The number of rotatable bonds is 7. The second kappa shape index (κ2) is 10.5. The number of nitrogens with zero attached hydrogens (tertiary/aromatic N) is 3. The van der Waals surface area contributed by atoms with E-state index in [4.69, 9.17) is 9.72 Å². The van der Waals surface area contributed by atoms with Crippen LogP contribution in [0.2, 0.25) is 0 Å². The Morgan fingerprint density at radius 3 is 2.84 bits per heavy atom. The van der Waals surface area contributed by atoms with Gasteiger partial charge in [0.2, 0.25) is 5.91 Å². The summed E-state index contributed by atoms with van der Waals surface area (Å²) in [5.74, 6) is 1.43. The number of methoxy groups -OCH3 is 1. The zero-order valence-electron chi connectivity index (χ0n) is 18.2. The van der Waals surface area contributed by atoms with Crippen LogP contribution in [0.25, 0.3) is 0 Å². The Morgan fingerprint density at radius 1 is 1.26 bits per heavy atom. The molecule has 0 unspecified atom stereocenters. The van der Waals surface area contributed by atoms with Crippen LogP contribution >= 0.6 is 11.3 Å². The van der Waals surface area contributed by atoms with Crippen molar-refractivity contribution in [2.24, 2.45) is 0 Å². The predicted molar refractivity (Wildman–Crippen MR) is 121 cm³/mol. The molecular formula is C23H32N4O3S. The molecule has 2 aromatic heterocycles. The van der Waals surface area contributed by atoms with Crippen LogP contribution in [0.5, 0.6) is 0 Å². The number of hydrogen-bond acceptors (Lipinski definition) is 6. The number of ether oxygens (including phenoxy) is 1. The lowest BCUT2D eigenvalue weighted by atomic mass is 9.92. The standard InChI is InChI=1S/C23H32N4O3S/c1-30-11-6-22(29)27-9-4-18(5-10-27)23-24-20(13-21(28)25-23)19-3-2-8-26(15-19)14-17-7-12-31-16-17/h7,12-13,16,18-19H,2-6,8-11,14-15H2,1H3,(H,24,25,28)/t19-/m1/s1. The molecule has 2 aliphatic rings. The molecule has 2 aromatic rings. The first-order chi connectivity index (χ1) is 15.1. The Hall–Kier alpha value is -2.03. The SMILES string of the molecule is COCCC(=O)N1CCC(c2nc([C@@H]3CCCN(Cc4ccsc4)C3)cc(=O)[nH]2)CC1. The van der Waals surface area contributed by atoms with Gasteiger partial charge in [-0.3, -0.25) is 14.5 Å². The van der Waals surface area contributed by atoms with E-state index in [1.54, 1.807) is 24.5 Å². The van der Waals surface area contributed by atoms with Gasteiger partial charge in [0.25, 0.3) is 5.56 Å². The van der Waals surface area contributed by atoms with Crippen LogP contribution in [0.1, 0.15) is 61.0 Å². The van der Waals surface area contributed by atoms with Crippen LogP contribution < -0.4 is 5.56 Å². The Balaban J connectivity index is 1.39. The second-order valence-corrected chi connectivity index (χ2v) is 9.44. The van der Waals surface area contributed by atoms with E-state index in [-0.39, 0.29) is 17.4 Å². The normalized spacial score (nSPS) is 20.8. The highest BCUT2D eigenvalue weighted by molar-refractivity contribution is 7.07. The summed E-state index contributed by atoms with van der Waals surface area (Å²) in [5.41, 5.74) is 2.22. The predicted octanol–water partition coefficient (Wildman–Crippen LogP) is 2.95. The maximum absolute atomic E-state index is 12.4. The average Bonchev–Trinajstić information content (AvgIpc) is 3.30. The molecule has 0 aromatic carbocycles. The lowest BCUT2D eigenvalue weighted by Gasteiger charge is -2.33. The monoisotopic (exact) mass is 444 g/mol. The van der Waals surface area contributed by atoms with Gasteiger partial charge >= 0.3 is 0 Å². The number of aromatic amines is 1. The second-order valence-electron chi connectivity index (χ2n) is 8.66. The molecule has 31 heavy (non-hydrogen) atoms. The molecule has 2 aliphatic heterocycles. The highest BCUT2D eigenvalue weighted by atomic mass is 32.1. The summed E-state index contributed by atoms with van der Waals surface area (Å²) >= 11 is 1.74. The van der Waals surface area contributed by atoms with Crippen molar-refractivity contribution in [1.82, 2.24) is 19.8 Å². The van der Waals surface area contributed by atoms with Gasteiger partial charge in [-0.2, -0.15) is 11.3 Å². The molecule has 1 N–H and O–H groups in total. The van der Waals surface area contributed by atoms with E-state index in [1.807, 2.05) is 4.90 Å². The molecule has 168 valence electrons. The fourth-order valence-electron chi connectivity index (χ4n) is 4.73. The van der Waals surface area contributed by atoms with Crippen LogP contribution in [-0.2, 0) is 16.1 Å². The molecule has 2 saturated heterocycles. The first-order valence-corrected chi connectivity index (χ1v) is 12.2. The largest absolute Gasteiger partial charge is 0.384 e. The van der Waals surface area contributed by atoms with Crippen molar-refractivity contribution in [3.05, 3.63) is 50.3 Å². The Labute approximate surface area is 187 Å². The lowest BCUT2D eigenvalue weighted by Crippen LogP contribution is -2.39. The van der Waals surface area contributed by atoms with Gasteiger partial charge in [0.15, 0.2) is 0 Å². The molecule has 0 bridgehead atoms. The maximum atomic E-state index is 12.4. The van der Waals surface area contributed by atoms with Gasteiger partial charge in [-0.05, 0) is 54.6 Å². The van der Waals surface area contributed by atoms with Gasteiger partial charge in [0, 0.05) is 51.2 Å². The third-order valence-electron chi connectivity index (χ3n) is 6.44. The molecule has 0 aliphatic carbocycles. The van der Waals surface area contributed by atoms with E-state index in [0.29, 0.717) is 32.0 Å².